The van der Waals surface area contributed by atoms with Crippen LogP contribution in [-0.2, 0) is 22.7 Å². The van der Waals surface area contributed by atoms with Crippen LogP contribution in [0.25, 0.3) is 22.3 Å². The number of cyclic esters (lactones) is 1. The number of fused-ring (bicyclic) bond motifs is 5. The number of Topliss-reactive ketones (excluding diaryl/α,β-unsaturated/α-hetero) is 1. The summed E-state index contributed by atoms with van der Waals surface area (Å²) in [4.78, 5) is 43.9. The Morgan fingerprint density at radius 3 is 2.74 bits per heavy atom. The highest BCUT2D eigenvalue weighted by Crippen LogP contribution is 2.41. The highest BCUT2D eigenvalue weighted by molar-refractivity contribution is 6.11. The minimum atomic E-state index is -1.13. The van der Waals surface area contributed by atoms with Crippen LogP contribution in [0.2, 0.25) is 0 Å². The summed E-state index contributed by atoms with van der Waals surface area (Å²) in [7, 11) is 1.58. The summed E-state index contributed by atoms with van der Waals surface area (Å²) in [5.41, 5.74) is 3.42. The molecule has 1 aromatic carbocycles. The number of methoxy groups -OCH3 is 1. The minimum absolute atomic E-state index is 0.0423. The zero-order valence-electron chi connectivity index (χ0n) is 18.8. The molecule has 174 valence electrons. The van der Waals surface area contributed by atoms with E-state index >= 15 is 0 Å². The largest absolute Gasteiger partial charge is 0.497 e. The number of rotatable bonds is 3. The standard InChI is InChI=1S/C26H24N2O6/c1-33-14-6-7-19-16(8-14)23(25(31)13-4-2-3-5-13)17-11-28-20(24(17)27-19)9-15-18(26(28)32)12-34-22(30)10-21(15)29/h6-9,13,21,29H,2-5,10-12H2,1H3/t21-/m0/s1. The number of nitrogens with zero attached hydrogens (tertiary/aromatic N) is 2. The van der Waals surface area contributed by atoms with Gasteiger partial charge in [-0.15, -0.1) is 0 Å². The van der Waals surface area contributed by atoms with Crippen molar-refractivity contribution < 1.29 is 24.2 Å². The first-order chi connectivity index (χ1) is 16.5. The molecule has 4 heterocycles. The predicted octanol–water partition coefficient (Wildman–Crippen LogP) is 3.29. The van der Waals surface area contributed by atoms with Crippen molar-refractivity contribution in [1.29, 1.82) is 0 Å². The van der Waals surface area contributed by atoms with E-state index in [0.29, 0.717) is 33.8 Å². The van der Waals surface area contributed by atoms with E-state index in [1.807, 2.05) is 12.1 Å². The van der Waals surface area contributed by atoms with Crippen LogP contribution in [0.3, 0.4) is 0 Å². The van der Waals surface area contributed by atoms with Gasteiger partial charge in [-0.1, -0.05) is 12.8 Å². The van der Waals surface area contributed by atoms with Crippen molar-refractivity contribution in [2.75, 3.05) is 7.11 Å². The first-order valence-corrected chi connectivity index (χ1v) is 11.6. The lowest BCUT2D eigenvalue weighted by molar-refractivity contribution is -0.146. The maximum atomic E-state index is 13.8. The second kappa shape index (κ2) is 7.77. The van der Waals surface area contributed by atoms with Gasteiger partial charge in [0.15, 0.2) is 5.78 Å². The first-order valence-electron chi connectivity index (χ1n) is 11.6. The molecule has 8 nitrogen and oxygen atoms in total. The molecule has 3 aromatic rings. The number of carbonyl (C=O) groups is 2. The Labute approximate surface area is 195 Å². The summed E-state index contributed by atoms with van der Waals surface area (Å²) >= 11 is 0. The number of hydrogen-bond acceptors (Lipinski definition) is 7. The topological polar surface area (TPSA) is 108 Å². The summed E-state index contributed by atoms with van der Waals surface area (Å²) in [5.74, 6) is 0.139. The molecular weight excluding hydrogens is 436 g/mol. The van der Waals surface area contributed by atoms with Crippen LogP contribution in [0, 0.1) is 5.92 Å². The normalized spacial score (nSPS) is 19.4. The van der Waals surface area contributed by atoms with Crippen LogP contribution < -0.4 is 10.3 Å². The second-order valence-corrected chi connectivity index (χ2v) is 9.28. The molecule has 0 unspecified atom stereocenters. The molecular formula is C26H24N2O6. The smallest absolute Gasteiger partial charge is 0.309 e. The zero-order valence-corrected chi connectivity index (χ0v) is 18.8. The number of aromatic nitrogens is 2. The maximum absolute atomic E-state index is 13.8. The van der Waals surface area contributed by atoms with Crippen LogP contribution in [0.1, 0.15) is 65.3 Å². The third-order valence-electron chi connectivity index (χ3n) is 7.36. The van der Waals surface area contributed by atoms with E-state index < -0.39 is 12.1 Å². The fourth-order valence-electron chi connectivity index (χ4n) is 5.59. The monoisotopic (exact) mass is 460 g/mol. The molecule has 0 bridgehead atoms. The van der Waals surface area contributed by atoms with Gasteiger partial charge in [0, 0.05) is 22.4 Å². The number of carbonyl (C=O) groups excluding carboxylic acids is 2. The summed E-state index contributed by atoms with van der Waals surface area (Å²) in [6.45, 7) is 0.0237. The van der Waals surface area contributed by atoms with Gasteiger partial charge in [0.05, 0.1) is 48.6 Å². The van der Waals surface area contributed by atoms with Gasteiger partial charge in [-0.25, -0.2) is 4.98 Å². The van der Waals surface area contributed by atoms with Gasteiger partial charge in [-0.05, 0) is 42.7 Å². The van der Waals surface area contributed by atoms with Gasteiger partial charge >= 0.3 is 5.97 Å². The van der Waals surface area contributed by atoms with E-state index in [9.17, 15) is 19.5 Å². The van der Waals surface area contributed by atoms with E-state index in [-0.39, 0.29) is 42.4 Å². The van der Waals surface area contributed by atoms with Crippen molar-refractivity contribution in [2.24, 2.45) is 5.92 Å². The van der Waals surface area contributed by atoms with Gasteiger partial charge in [0.1, 0.15) is 12.4 Å². The van der Waals surface area contributed by atoms with E-state index in [4.69, 9.17) is 14.5 Å². The van der Waals surface area contributed by atoms with Gasteiger partial charge in [-0.3, -0.25) is 14.4 Å². The quantitative estimate of drug-likeness (QED) is 0.369. The van der Waals surface area contributed by atoms with Crippen LogP contribution in [-0.4, -0.2) is 33.5 Å². The third-order valence-corrected chi connectivity index (χ3v) is 7.36. The summed E-state index contributed by atoms with van der Waals surface area (Å²) < 4.78 is 12.1. The SMILES string of the molecule is COc1ccc2nc3c(c(C(=O)C4CCCC4)c2c1)Cn1c-3cc2c(c1=O)COC(=O)C[C@@H]2O. The highest BCUT2D eigenvalue weighted by atomic mass is 16.5. The van der Waals surface area contributed by atoms with Crippen LogP contribution in [0.15, 0.2) is 29.1 Å². The number of esters is 1. The highest BCUT2D eigenvalue weighted by Gasteiger charge is 2.35. The van der Waals surface area contributed by atoms with E-state index in [0.717, 1.165) is 36.6 Å². The summed E-state index contributed by atoms with van der Waals surface area (Å²) in [6.07, 6.45) is 2.46. The Hall–Kier alpha value is -3.52. The number of hydrogen-bond donors (Lipinski definition) is 1. The van der Waals surface area contributed by atoms with E-state index in [2.05, 4.69) is 0 Å². The maximum Gasteiger partial charge on any atom is 0.309 e. The molecule has 1 fully saturated rings. The Balaban J connectivity index is 1.61. The average Bonchev–Trinajstić information content (AvgIpc) is 3.46. The Morgan fingerprint density at radius 2 is 1.97 bits per heavy atom. The summed E-state index contributed by atoms with van der Waals surface area (Å²) in [5, 5.41) is 11.3. The lowest BCUT2D eigenvalue weighted by Gasteiger charge is -2.15. The molecule has 0 amide bonds. The van der Waals surface area contributed by atoms with Crippen molar-refractivity contribution in [3.8, 4) is 17.1 Å². The number of ketones is 1. The van der Waals surface area contributed by atoms with Crippen LogP contribution in [0.5, 0.6) is 5.75 Å². The van der Waals surface area contributed by atoms with Crippen molar-refractivity contribution in [2.45, 2.75) is 51.4 Å². The Bertz CT molecular complexity index is 1430. The molecule has 1 aliphatic carbocycles. The van der Waals surface area contributed by atoms with Crippen molar-refractivity contribution in [3.63, 3.8) is 0 Å². The molecule has 0 spiro atoms. The average molecular weight is 460 g/mol. The molecule has 1 N–H and O–H groups in total. The zero-order chi connectivity index (χ0) is 23.6. The van der Waals surface area contributed by atoms with Crippen molar-refractivity contribution in [3.05, 3.63) is 56.9 Å². The van der Waals surface area contributed by atoms with Crippen LogP contribution in [0.4, 0.5) is 0 Å². The van der Waals surface area contributed by atoms with Gasteiger partial charge in [0.2, 0.25) is 0 Å². The predicted molar refractivity (Wildman–Crippen MR) is 123 cm³/mol. The Morgan fingerprint density at radius 1 is 1.18 bits per heavy atom. The lowest BCUT2D eigenvalue weighted by atomic mass is 9.89. The fraction of sp³-hybridized carbons (Fsp3) is 0.385. The van der Waals surface area contributed by atoms with E-state index in [1.54, 1.807) is 23.8 Å². The molecule has 1 saturated carbocycles. The molecule has 1 atom stereocenters. The Kier molecular flexibility index (Phi) is 4.81. The number of benzene rings is 1. The molecule has 0 saturated heterocycles. The molecule has 6 rings (SSSR count). The summed E-state index contributed by atoms with van der Waals surface area (Å²) in [6, 6.07) is 7.19. The number of aliphatic hydroxyl groups is 1. The number of aliphatic hydroxyl groups excluding tert-OH is 1. The van der Waals surface area contributed by atoms with Crippen molar-refractivity contribution >= 4 is 22.7 Å². The molecule has 3 aliphatic rings. The molecule has 2 aliphatic heterocycles. The van der Waals surface area contributed by atoms with Gasteiger partial charge < -0.3 is 19.1 Å². The third kappa shape index (κ3) is 3.09. The fourth-order valence-corrected chi connectivity index (χ4v) is 5.59. The number of ether oxygens (including phenoxy) is 2. The molecule has 8 heteroatoms. The first kappa shape index (κ1) is 21.0. The minimum Gasteiger partial charge on any atom is -0.497 e. The van der Waals surface area contributed by atoms with E-state index in [1.165, 1.54) is 0 Å². The molecule has 0 radical (unpaired) electrons. The second-order valence-electron chi connectivity index (χ2n) is 9.28. The molecule has 34 heavy (non-hydrogen) atoms. The van der Waals surface area contributed by atoms with Crippen LogP contribution >= 0.6 is 0 Å². The van der Waals surface area contributed by atoms with Crippen molar-refractivity contribution in [1.82, 2.24) is 9.55 Å². The number of pyridine rings is 2. The molecule has 2 aromatic heterocycles. The van der Waals surface area contributed by atoms with Gasteiger partial charge in [0.25, 0.3) is 5.56 Å². The van der Waals surface area contributed by atoms with Gasteiger partial charge in [-0.2, -0.15) is 0 Å². The lowest BCUT2D eigenvalue weighted by Crippen LogP contribution is -2.25.